The topological polar surface area (TPSA) is 108 Å². The second-order valence-electron chi connectivity index (χ2n) is 5.33. The molecule has 0 atom stereocenters. The van der Waals surface area contributed by atoms with Crippen molar-refractivity contribution in [2.45, 2.75) is 6.42 Å². The number of rotatable bonds is 9. The monoisotopic (exact) mass is 376 g/mol. The van der Waals surface area contributed by atoms with Crippen molar-refractivity contribution < 1.29 is 28.4 Å². The van der Waals surface area contributed by atoms with Gasteiger partial charge in [-0.15, -0.1) is 0 Å². The van der Waals surface area contributed by atoms with Crippen LogP contribution in [0.1, 0.15) is 16.8 Å². The molecule has 2 rings (SSSR count). The molecule has 0 bridgehead atoms. The first-order valence-corrected chi connectivity index (χ1v) is 8.02. The molecule has 0 aromatic heterocycles. The first-order valence-electron chi connectivity index (χ1n) is 8.02. The van der Waals surface area contributed by atoms with Crippen molar-refractivity contribution >= 4 is 17.6 Å². The van der Waals surface area contributed by atoms with Gasteiger partial charge in [0.15, 0.2) is 0 Å². The van der Waals surface area contributed by atoms with Gasteiger partial charge < -0.3 is 14.8 Å². The molecule has 1 N–H and O–H groups in total. The molecule has 0 radical (unpaired) electrons. The average Bonchev–Trinajstić information content (AvgIpc) is 2.66. The summed E-state index contributed by atoms with van der Waals surface area (Å²) in [6, 6.07) is 10.6. The van der Waals surface area contributed by atoms with Crippen molar-refractivity contribution in [1.82, 2.24) is 5.32 Å². The molecular weight excluding hydrogens is 359 g/mol. The fraction of sp³-hybridized carbons (Fsp3) is 0.222. The van der Waals surface area contributed by atoms with Gasteiger partial charge in [0.1, 0.15) is 24.8 Å². The molecule has 9 heteroatoms. The highest BCUT2D eigenvalue weighted by Gasteiger charge is 2.10. The quantitative estimate of drug-likeness (QED) is 0.312. The SMILES string of the molecule is O=C(CCNC(=O)c1ccc([N+](=O)[O-])cc1)OCCOc1ccc(F)cc1. The summed E-state index contributed by atoms with van der Waals surface area (Å²) in [6.45, 7) is 0.201. The Labute approximate surface area is 154 Å². The van der Waals surface area contributed by atoms with Crippen LogP contribution in [0.2, 0.25) is 0 Å². The lowest BCUT2D eigenvalue weighted by atomic mass is 10.2. The second kappa shape index (κ2) is 9.85. The summed E-state index contributed by atoms with van der Waals surface area (Å²) < 4.78 is 23.0. The van der Waals surface area contributed by atoms with E-state index in [2.05, 4.69) is 5.32 Å². The van der Waals surface area contributed by atoms with Crippen molar-refractivity contribution in [2.75, 3.05) is 19.8 Å². The minimum Gasteiger partial charge on any atom is -0.490 e. The molecule has 0 saturated carbocycles. The maximum absolute atomic E-state index is 12.7. The zero-order valence-corrected chi connectivity index (χ0v) is 14.2. The molecule has 8 nitrogen and oxygen atoms in total. The number of non-ortho nitro benzene ring substituents is 1. The smallest absolute Gasteiger partial charge is 0.307 e. The third kappa shape index (κ3) is 6.73. The van der Waals surface area contributed by atoms with E-state index in [0.29, 0.717) is 5.75 Å². The summed E-state index contributed by atoms with van der Waals surface area (Å²) in [5.74, 6) is -0.869. The largest absolute Gasteiger partial charge is 0.490 e. The Bertz CT molecular complexity index is 793. The Balaban J connectivity index is 1.61. The van der Waals surface area contributed by atoms with Crippen LogP contribution < -0.4 is 10.1 Å². The van der Waals surface area contributed by atoms with E-state index in [1.807, 2.05) is 0 Å². The highest BCUT2D eigenvalue weighted by molar-refractivity contribution is 5.94. The number of amides is 1. The Morgan fingerprint density at radius 2 is 1.70 bits per heavy atom. The number of nitro groups is 1. The number of benzene rings is 2. The van der Waals surface area contributed by atoms with E-state index in [1.54, 1.807) is 0 Å². The zero-order chi connectivity index (χ0) is 19.6. The Morgan fingerprint density at radius 3 is 2.33 bits per heavy atom. The summed E-state index contributed by atoms with van der Waals surface area (Å²) in [5, 5.41) is 13.1. The minimum absolute atomic E-state index is 0.0203. The van der Waals surface area contributed by atoms with Gasteiger partial charge in [-0.3, -0.25) is 19.7 Å². The van der Waals surface area contributed by atoms with Gasteiger partial charge in [-0.1, -0.05) is 0 Å². The average molecular weight is 376 g/mol. The van der Waals surface area contributed by atoms with Gasteiger partial charge in [0.05, 0.1) is 11.3 Å². The lowest BCUT2D eigenvalue weighted by molar-refractivity contribution is -0.384. The molecule has 0 aliphatic carbocycles. The zero-order valence-electron chi connectivity index (χ0n) is 14.2. The molecule has 0 aliphatic heterocycles. The van der Waals surface area contributed by atoms with Crippen LogP contribution in [0.3, 0.4) is 0 Å². The number of hydrogen-bond donors (Lipinski definition) is 1. The van der Waals surface area contributed by atoms with Crippen LogP contribution in [0, 0.1) is 15.9 Å². The fourth-order valence-electron chi connectivity index (χ4n) is 2.03. The van der Waals surface area contributed by atoms with Gasteiger partial charge in [-0.25, -0.2) is 4.39 Å². The lowest BCUT2D eigenvalue weighted by Gasteiger charge is -2.08. The standard InChI is InChI=1S/C18H17FN2O6/c19-14-3-7-16(8-4-14)26-11-12-27-17(22)9-10-20-18(23)13-1-5-15(6-2-13)21(24)25/h1-8H,9-12H2,(H,20,23). The van der Waals surface area contributed by atoms with Gasteiger partial charge >= 0.3 is 5.97 Å². The Morgan fingerprint density at radius 1 is 1.04 bits per heavy atom. The van der Waals surface area contributed by atoms with E-state index >= 15 is 0 Å². The van der Waals surface area contributed by atoms with Gasteiger partial charge in [-0.2, -0.15) is 0 Å². The lowest BCUT2D eigenvalue weighted by Crippen LogP contribution is -2.26. The van der Waals surface area contributed by atoms with Crippen LogP contribution in [-0.4, -0.2) is 36.6 Å². The molecule has 0 aliphatic rings. The number of halogens is 1. The van der Waals surface area contributed by atoms with Crippen LogP contribution >= 0.6 is 0 Å². The van der Waals surface area contributed by atoms with E-state index in [1.165, 1.54) is 48.5 Å². The number of carbonyl (C=O) groups excluding carboxylic acids is 2. The summed E-state index contributed by atoms with van der Waals surface area (Å²) >= 11 is 0. The van der Waals surface area contributed by atoms with E-state index in [0.717, 1.165) is 0 Å². The van der Waals surface area contributed by atoms with Gasteiger partial charge in [0, 0.05) is 24.2 Å². The second-order valence-corrected chi connectivity index (χ2v) is 5.33. The number of ether oxygens (including phenoxy) is 2. The van der Waals surface area contributed by atoms with E-state index in [4.69, 9.17) is 9.47 Å². The van der Waals surface area contributed by atoms with Crippen LogP contribution in [0.25, 0.3) is 0 Å². The minimum atomic E-state index is -0.558. The number of nitrogens with one attached hydrogen (secondary N) is 1. The third-order valence-corrected chi connectivity index (χ3v) is 3.38. The van der Waals surface area contributed by atoms with E-state index < -0.39 is 16.8 Å². The number of carbonyl (C=O) groups is 2. The number of nitrogens with zero attached hydrogens (tertiary/aromatic N) is 1. The summed E-state index contributed by atoms with van der Waals surface area (Å²) in [4.78, 5) is 33.5. The molecule has 0 unspecified atom stereocenters. The molecule has 27 heavy (non-hydrogen) atoms. The number of esters is 1. The molecule has 2 aromatic rings. The number of hydrogen-bond acceptors (Lipinski definition) is 6. The molecule has 1 amide bonds. The highest BCUT2D eigenvalue weighted by Crippen LogP contribution is 2.12. The van der Waals surface area contributed by atoms with Crippen LogP contribution in [0.15, 0.2) is 48.5 Å². The van der Waals surface area contributed by atoms with Crippen molar-refractivity contribution in [3.63, 3.8) is 0 Å². The highest BCUT2D eigenvalue weighted by atomic mass is 19.1. The molecule has 142 valence electrons. The first-order chi connectivity index (χ1) is 13.0. The van der Waals surface area contributed by atoms with Gasteiger partial charge in [0.2, 0.25) is 0 Å². The molecule has 0 heterocycles. The molecule has 0 saturated heterocycles. The molecule has 2 aromatic carbocycles. The van der Waals surface area contributed by atoms with E-state index in [9.17, 15) is 24.1 Å². The first kappa shape index (κ1) is 19.8. The number of nitro benzene ring substituents is 1. The van der Waals surface area contributed by atoms with Crippen molar-refractivity contribution in [3.8, 4) is 5.75 Å². The van der Waals surface area contributed by atoms with Gasteiger partial charge in [0.25, 0.3) is 11.6 Å². The summed E-state index contributed by atoms with van der Waals surface area (Å²) in [7, 11) is 0. The molecular formula is C18H17FN2O6. The van der Waals surface area contributed by atoms with Crippen molar-refractivity contribution in [3.05, 3.63) is 70.0 Å². The van der Waals surface area contributed by atoms with E-state index in [-0.39, 0.29) is 43.2 Å². The third-order valence-electron chi connectivity index (χ3n) is 3.38. The summed E-state index contributed by atoms with van der Waals surface area (Å²) in [6.07, 6.45) is -0.0325. The maximum Gasteiger partial charge on any atom is 0.307 e. The van der Waals surface area contributed by atoms with Crippen LogP contribution in [-0.2, 0) is 9.53 Å². The van der Waals surface area contributed by atoms with Crippen LogP contribution in [0.5, 0.6) is 5.75 Å². The van der Waals surface area contributed by atoms with Crippen LogP contribution in [0.4, 0.5) is 10.1 Å². The fourth-order valence-corrected chi connectivity index (χ4v) is 2.03. The summed E-state index contributed by atoms with van der Waals surface area (Å²) in [5.41, 5.74) is 0.139. The normalized spacial score (nSPS) is 10.1. The molecule has 0 spiro atoms. The Hall–Kier alpha value is -3.49. The van der Waals surface area contributed by atoms with Crippen molar-refractivity contribution in [1.29, 1.82) is 0 Å². The predicted molar refractivity (Wildman–Crippen MR) is 92.9 cm³/mol. The van der Waals surface area contributed by atoms with Crippen molar-refractivity contribution in [2.24, 2.45) is 0 Å². The Kier molecular flexibility index (Phi) is 7.24. The molecule has 0 fully saturated rings. The predicted octanol–water partition coefficient (Wildman–Crippen LogP) is 2.48. The maximum atomic E-state index is 12.7. The van der Waals surface area contributed by atoms with Gasteiger partial charge in [-0.05, 0) is 36.4 Å².